The molecule has 3 N–H and O–H groups in total. The van der Waals surface area contributed by atoms with E-state index in [2.05, 4.69) is 10.2 Å². The lowest BCUT2D eigenvalue weighted by Crippen LogP contribution is -2.47. The smallest absolute Gasteiger partial charge is 0.238 e. The zero-order chi connectivity index (χ0) is 20.4. The third kappa shape index (κ3) is 9.16. The van der Waals surface area contributed by atoms with Crippen molar-refractivity contribution in [2.75, 3.05) is 40.0 Å². The Balaban J connectivity index is 0.00000420. The second kappa shape index (κ2) is 13.4. The van der Waals surface area contributed by atoms with Crippen LogP contribution in [0, 0.1) is 0 Å². The van der Waals surface area contributed by atoms with Crippen molar-refractivity contribution in [2.24, 2.45) is 10.1 Å². The average Bonchev–Trinajstić information content (AvgIpc) is 2.69. The summed E-state index contributed by atoms with van der Waals surface area (Å²) in [5.41, 5.74) is 0.930. The quantitative estimate of drug-likeness (QED) is 0.215. The van der Waals surface area contributed by atoms with Gasteiger partial charge in [0.15, 0.2) is 5.96 Å². The van der Waals surface area contributed by atoms with Gasteiger partial charge in [0.2, 0.25) is 10.0 Å². The van der Waals surface area contributed by atoms with Crippen molar-refractivity contribution in [3.63, 3.8) is 0 Å². The molecule has 0 aromatic heterocycles. The molecule has 1 aromatic carbocycles. The number of rotatable bonds is 9. The first-order valence-corrected chi connectivity index (χ1v) is 11.2. The lowest BCUT2D eigenvalue weighted by atomic mass is 10.1. The van der Waals surface area contributed by atoms with Crippen molar-refractivity contribution >= 4 is 40.0 Å². The SMILES string of the molecule is CCNC(=NCc1ccc(S(N)(=O)=O)cc1)N1CCC(OCCCOC)CC1.I. The van der Waals surface area contributed by atoms with Gasteiger partial charge in [-0.2, -0.15) is 0 Å². The molecule has 0 saturated carbocycles. The lowest BCUT2D eigenvalue weighted by Gasteiger charge is -2.34. The minimum Gasteiger partial charge on any atom is -0.385 e. The van der Waals surface area contributed by atoms with E-state index in [1.165, 1.54) is 12.1 Å². The van der Waals surface area contributed by atoms with Crippen LogP contribution in [0.2, 0.25) is 0 Å². The van der Waals surface area contributed by atoms with Crippen LogP contribution >= 0.6 is 24.0 Å². The normalized spacial score (nSPS) is 15.8. The van der Waals surface area contributed by atoms with E-state index >= 15 is 0 Å². The fourth-order valence-corrected chi connectivity index (χ4v) is 3.58. The number of likely N-dealkylation sites (tertiary alicyclic amines) is 1. The summed E-state index contributed by atoms with van der Waals surface area (Å²) in [6.07, 6.45) is 3.16. The Bertz CT molecular complexity index is 720. The highest BCUT2D eigenvalue weighted by Crippen LogP contribution is 2.15. The second-order valence-corrected chi connectivity index (χ2v) is 8.32. The zero-order valence-corrected chi connectivity index (χ0v) is 20.3. The maximum absolute atomic E-state index is 11.3. The van der Waals surface area contributed by atoms with Crippen LogP contribution in [0.5, 0.6) is 0 Å². The number of hydrogen-bond acceptors (Lipinski definition) is 5. The number of primary sulfonamides is 1. The number of hydrogen-bond donors (Lipinski definition) is 2. The van der Waals surface area contributed by atoms with Gasteiger partial charge in [0.05, 0.1) is 17.5 Å². The van der Waals surface area contributed by atoms with Gasteiger partial charge >= 0.3 is 0 Å². The third-order valence-electron chi connectivity index (χ3n) is 4.59. The van der Waals surface area contributed by atoms with E-state index in [0.29, 0.717) is 12.6 Å². The maximum atomic E-state index is 11.3. The number of ether oxygens (including phenoxy) is 2. The van der Waals surface area contributed by atoms with E-state index in [-0.39, 0.29) is 28.9 Å². The summed E-state index contributed by atoms with van der Waals surface area (Å²) in [5.74, 6) is 0.871. The molecule has 29 heavy (non-hydrogen) atoms. The van der Waals surface area contributed by atoms with Gasteiger partial charge in [-0.05, 0) is 43.9 Å². The Kier molecular flexibility index (Phi) is 12.0. The molecule has 1 aromatic rings. The summed E-state index contributed by atoms with van der Waals surface area (Å²) in [6, 6.07) is 6.51. The number of aliphatic imine (C=N–C) groups is 1. The topological polar surface area (TPSA) is 106 Å². The Morgan fingerprint density at radius 1 is 1.24 bits per heavy atom. The molecule has 0 aliphatic carbocycles. The molecule has 1 heterocycles. The highest BCUT2D eigenvalue weighted by atomic mass is 127. The van der Waals surface area contributed by atoms with Crippen molar-refractivity contribution < 1.29 is 17.9 Å². The summed E-state index contributed by atoms with van der Waals surface area (Å²) in [5, 5.41) is 8.47. The lowest BCUT2D eigenvalue weighted by molar-refractivity contribution is 0.00990. The van der Waals surface area contributed by atoms with E-state index in [0.717, 1.165) is 63.6 Å². The van der Waals surface area contributed by atoms with E-state index in [1.807, 2.05) is 6.92 Å². The van der Waals surface area contributed by atoms with Crippen LogP contribution in [0.1, 0.15) is 31.7 Å². The monoisotopic (exact) mass is 540 g/mol. The van der Waals surface area contributed by atoms with Crippen LogP contribution in [0.3, 0.4) is 0 Å². The number of methoxy groups -OCH3 is 1. The molecule has 1 saturated heterocycles. The third-order valence-corrected chi connectivity index (χ3v) is 5.52. The number of halogens is 1. The summed E-state index contributed by atoms with van der Waals surface area (Å²) in [7, 11) is -1.96. The zero-order valence-electron chi connectivity index (χ0n) is 17.2. The standard InChI is InChI=1S/C19H32N4O4S.HI/c1-3-21-19(22-15-16-5-7-18(8-6-16)28(20,24)25)23-11-9-17(10-12-23)27-14-4-13-26-2;/h5-8,17H,3-4,9-15H2,1-2H3,(H,21,22)(H2,20,24,25);1H. The van der Waals surface area contributed by atoms with Crippen molar-refractivity contribution in [1.29, 1.82) is 0 Å². The van der Waals surface area contributed by atoms with Crippen molar-refractivity contribution in [1.82, 2.24) is 10.2 Å². The Hall–Kier alpha value is -0.950. The molecule has 8 nitrogen and oxygen atoms in total. The molecule has 0 amide bonds. The van der Waals surface area contributed by atoms with Crippen molar-refractivity contribution in [2.45, 2.75) is 43.7 Å². The Labute approximate surface area is 191 Å². The number of piperidine rings is 1. The molecule has 0 atom stereocenters. The number of benzene rings is 1. The van der Waals surface area contributed by atoms with Gasteiger partial charge in [0, 0.05) is 40.0 Å². The molecule has 0 spiro atoms. The van der Waals surface area contributed by atoms with Gasteiger partial charge in [-0.1, -0.05) is 12.1 Å². The predicted octanol–water partition coefficient (Wildman–Crippen LogP) is 1.94. The van der Waals surface area contributed by atoms with Crippen molar-refractivity contribution in [3.8, 4) is 0 Å². The molecular weight excluding hydrogens is 507 g/mol. The molecule has 0 bridgehead atoms. The predicted molar refractivity (Wildman–Crippen MR) is 125 cm³/mol. The Morgan fingerprint density at radius 2 is 1.90 bits per heavy atom. The Morgan fingerprint density at radius 3 is 2.45 bits per heavy atom. The van der Waals surface area contributed by atoms with Crippen molar-refractivity contribution in [3.05, 3.63) is 29.8 Å². The van der Waals surface area contributed by atoms with Crippen LogP contribution in [-0.4, -0.2) is 65.3 Å². The van der Waals surface area contributed by atoms with Gasteiger partial charge in [0.25, 0.3) is 0 Å². The minimum absolute atomic E-state index is 0. The fourth-order valence-electron chi connectivity index (χ4n) is 3.06. The molecule has 2 rings (SSSR count). The summed E-state index contributed by atoms with van der Waals surface area (Å²) in [6.45, 7) is 6.56. The van der Waals surface area contributed by atoms with Crippen LogP contribution in [0.15, 0.2) is 34.2 Å². The molecule has 166 valence electrons. The van der Waals surface area contributed by atoms with Gasteiger partial charge in [-0.3, -0.25) is 0 Å². The second-order valence-electron chi connectivity index (χ2n) is 6.76. The number of nitrogens with zero attached hydrogens (tertiary/aromatic N) is 2. The molecule has 1 fully saturated rings. The number of nitrogens with two attached hydrogens (primary N) is 1. The van der Waals surface area contributed by atoms with Crippen LogP contribution in [0.4, 0.5) is 0 Å². The molecule has 0 unspecified atom stereocenters. The molecule has 1 aliphatic rings. The van der Waals surface area contributed by atoms with E-state index in [1.54, 1.807) is 19.2 Å². The molecular formula is C19H33IN4O4S. The number of nitrogens with one attached hydrogen (secondary N) is 1. The molecule has 0 radical (unpaired) electrons. The highest BCUT2D eigenvalue weighted by Gasteiger charge is 2.21. The summed E-state index contributed by atoms with van der Waals surface area (Å²) in [4.78, 5) is 7.06. The van der Waals surface area contributed by atoms with Gasteiger partial charge in [-0.25, -0.2) is 18.5 Å². The van der Waals surface area contributed by atoms with Crippen LogP contribution in [0.25, 0.3) is 0 Å². The fraction of sp³-hybridized carbons (Fsp3) is 0.632. The highest BCUT2D eigenvalue weighted by molar-refractivity contribution is 14.0. The first-order chi connectivity index (χ1) is 13.4. The van der Waals surface area contributed by atoms with E-state index in [9.17, 15) is 8.42 Å². The van der Waals surface area contributed by atoms with Gasteiger partial charge < -0.3 is 19.7 Å². The first kappa shape index (κ1) is 26.1. The largest absolute Gasteiger partial charge is 0.385 e. The maximum Gasteiger partial charge on any atom is 0.238 e. The molecule has 10 heteroatoms. The van der Waals surface area contributed by atoms with Gasteiger partial charge in [0.1, 0.15) is 0 Å². The van der Waals surface area contributed by atoms with E-state index in [4.69, 9.17) is 19.6 Å². The number of sulfonamides is 1. The minimum atomic E-state index is -3.67. The average molecular weight is 540 g/mol. The molecule has 1 aliphatic heterocycles. The van der Waals surface area contributed by atoms with Crippen LogP contribution < -0.4 is 10.5 Å². The van der Waals surface area contributed by atoms with Crippen LogP contribution in [-0.2, 0) is 26.0 Å². The summed E-state index contributed by atoms with van der Waals surface area (Å²) >= 11 is 0. The summed E-state index contributed by atoms with van der Waals surface area (Å²) < 4.78 is 33.6. The van der Waals surface area contributed by atoms with E-state index < -0.39 is 10.0 Å². The van der Waals surface area contributed by atoms with Gasteiger partial charge in [-0.15, -0.1) is 24.0 Å². The first-order valence-electron chi connectivity index (χ1n) is 9.69. The number of guanidine groups is 1.